The third-order valence-corrected chi connectivity index (χ3v) is 4.14. The van der Waals surface area contributed by atoms with E-state index in [1.807, 2.05) is 31.4 Å². The molecule has 0 aliphatic rings. The van der Waals surface area contributed by atoms with Crippen molar-refractivity contribution in [1.82, 2.24) is 4.98 Å². The molecule has 0 bridgehead atoms. The van der Waals surface area contributed by atoms with Crippen molar-refractivity contribution in [2.75, 3.05) is 21.3 Å². The molecule has 24 heavy (non-hydrogen) atoms. The molecule has 0 fully saturated rings. The van der Waals surface area contributed by atoms with Crippen molar-refractivity contribution in [3.63, 3.8) is 0 Å². The van der Waals surface area contributed by atoms with E-state index < -0.39 is 0 Å². The van der Waals surface area contributed by atoms with Gasteiger partial charge in [0, 0.05) is 45.2 Å². The number of aromatic nitrogens is 1. The quantitative estimate of drug-likeness (QED) is 0.200. The van der Waals surface area contributed by atoms with Gasteiger partial charge in [-0.05, 0) is 31.0 Å². The molecule has 1 radical (unpaired) electrons. The van der Waals surface area contributed by atoms with Crippen molar-refractivity contribution in [2.45, 2.75) is 20.0 Å². The summed E-state index contributed by atoms with van der Waals surface area (Å²) in [6.07, 6.45) is 6.49. The summed E-state index contributed by atoms with van der Waals surface area (Å²) in [6.45, 7) is 3.74. The van der Waals surface area contributed by atoms with Crippen molar-refractivity contribution in [3.05, 3.63) is 34.0 Å². The number of carbonyl (C=O) groups excluding carboxylic acids is 1. The summed E-state index contributed by atoms with van der Waals surface area (Å²) < 4.78 is 10.6. The zero-order chi connectivity index (χ0) is 17.2. The van der Waals surface area contributed by atoms with Crippen LogP contribution in [-0.2, 0) is 51.8 Å². The first-order valence-corrected chi connectivity index (χ1v) is 7.81. The maximum Gasteiger partial charge on any atom is 0.141 e. The van der Waals surface area contributed by atoms with Crippen LogP contribution in [0.1, 0.15) is 24.5 Å². The van der Waals surface area contributed by atoms with Crippen LogP contribution in [0.25, 0.3) is 6.08 Å². The summed E-state index contributed by atoms with van der Waals surface area (Å²) in [6, 6.07) is 0. The van der Waals surface area contributed by atoms with E-state index in [9.17, 15) is 4.79 Å². The molecule has 1 aromatic rings. The predicted molar refractivity (Wildman–Crippen MR) is 91.1 cm³/mol. The summed E-state index contributed by atoms with van der Waals surface area (Å²) >= 11 is 1.48. The van der Waals surface area contributed by atoms with E-state index in [-0.39, 0.29) is 44.7 Å². The van der Waals surface area contributed by atoms with Gasteiger partial charge in [0.05, 0.1) is 18.9 Å². The third kappa shape index (κ3) is 6.93. The van der Waals surface area contributed by atoms with E-state index >= 15 is 0 Å². The van der Waals surface area contributed by atoms with Gasteiger partial charge in [-0.3, -0.25) is 0 Å². The Labute approximate surface area is 171 Å². The van der Waals surface area contributed by atoms with Crippen LogP contribution in [0.3, 0.4) is 0 Å². The van der Waals surface area contributed by atoms with E-state index in [1.165, 1.54) is 31.6 Å². The van der Waals surface area contributed by atoms with E-state index in [1.54, 1.807) is 13.4 Å². The SMILES string of the molecule is CO/N=C(/C)c1nc(/C=C/C(OC)C(C)/C(=C\[C-]=O)OC)cs1.[Y]. The molecule has 1 rings (SSSR count). The molecule has 0 amide bonds. The second-order valence-electron chi connectivity index (χ2n) is 4.65. The van der Waals surface area contributed by atoms with Crippen LogP contribution in [0.4, 0.5) is 0 Å². The molecule has 0 N–H and O–H groups in total. The van der Waals surface area contributed by atoms with E-state index in [0.29, 0.717) is 5.76 Å². The molecule has 8 heteroatoms. The first-order valence-electron chi connectivity index (χ1n) is 6.93. The Bertz CT molecular complexity index is 599. The Morgan fingerprint density at radius 2 is 2.12 bits per heavy atom. The van der Waals surface area contributed by atoms with E-state index in [0.717, 1.165) is 16.4 Å². The predicted octanol–water partition coefficient (Wildman–Crippen LogP) is 2.82. The Balaban J connectivity index is 0.00000529. The van der Waals surface area contributed by atoms with Crippen LogP contribution >= 0.6 is 11.3 Å². The van der Waals surface area contributed by atoms with Crippen LogP contribution in [0.15, 0.2) is 28.4 Å². The van der Waals surface area contributed by atoms with Crippen LogP contribution in [0.5, 0.6) is 0 Å². The first kappa shape index (κ1) is 23.1. The molecule has 1 heterocycles. The molecule has 0 spiro atoms. The number of rotatable bonds is 9. The molecule has 0 aromatic carbocycles. The van der Waals surface area contributed by atoms with Crippen LogP contribution in [-0.4, -0.2) is 44.4 Å². The molecular formula is C16H21N2O4SY-. The number of oxime groups is 1. The second-order valence-corrected chi connectivity index (χ2v) is 5.51. The van der Waals surface area contributed by atoms with Crippen molar-refractivity contribution >= 4 is 29.4 Å². The zero-order valence-corrected chi connectivity index (χ0v) is 18.1. The Morgan fingerprint density at radius 1 is 1.42 bits per heavy atom. The molecule has 6 nitrogen and oxygen atoms in total. The number of methoxy groups -OCH3 is 2. The van der Waals surface area contributed by atoms with Crippen molar-refractivity contribution in [1.29, 1.82) is 0 Å². The average molecular weight is 426 g/mol. The molecule has 1 aromatic heterocycles. The molecule has 2 atom stereocenters. The third-order valence-electron chi connectivity index (χ3n) is 3.17. The maximum atomic E-state index is 10.5. The molecule has 0 saturated heterocycles. The summed E-state index contributed by atoms with van der Waals surface area (Å²) in [5.74, 6) is 0.385. The van der Waals surface area contributed by atoms with Gasteiger partial charge in [0.2, 0.25) is 0 Å². The molecule has 0 aliphatic heterocycles. The standard InChI is InChI=1S/C16H21N2O4S.Y/c1-11(15(21-4)8-9-19)14(20-3)7-6-13-10-23-16(17-13)12(2)18-22-5;/h6-8,10-11,14H,1-5H3;/q-1;/b7-6+,15-8+,18-12-;. The van der Waals surface area contributed by atoms with Crippen molar-refractivity contribution in [3.8, 4) is 0 Å². The minimum atomic E-state index is -0.256. The molecule has 129 valence electrons. The normalized spacial score (nSPS) is 14.9. The number of hydrogen-bond acceptors (Lipinski definition) is 7. The summed E-state index contributed by atoms with van der Waals surface area (Å²) in [5.41, 5.74) is 1.52. The average Bonchev–Trinajstić information content (AvgIpc) is 3.02. The smallest absolute Gasteiger partial charge is 0.141 e. The second kappa shape index (κ2) is 12.5. The molecule has 0 saturated carbocycles. The van der Waals surface area contributed by atoms with Crippen LogP contribution in [0, 0.1) is 5.92 Å². The number of allylic oxidation sites excluding steroid dienone is 1. The van der Waals surface area contributed by atoms with Gasteiger partial charge in [0.1, 0.15) is 17.8 Å². The Kier molecular flexibility index (Phi) is 12.0. The van der Waals surface area contributed by atoms with Gasteiger partial charge < -0.3 is 19.1 Å². The fraction of sp³-hybridized carbons (Fsp3) is 0.438. The number of hydrogen-bond donors (Lipinski definition) is 0. The van der Waals surface area contributed by atoms with Gasteiger partial charge in [0.25, 0.3) is 0 Å². The minimum Gasteiger partial charge on any atom is -0.585 e. The zero-order valence-electron chi connectivity index (χ0n) is 14.5. The van der Waals surface area contributed by atoms with E-state index in [2.05, 4.69) is 10.1 Å². The number of ether oxygens (including phenoxy) is 2. The van der Waals surface area contributed by atoms with Gasteiger partial charge in [-0.1, -0.05) is 18.2 Å². The van der Waals surface area contributed by atoms with Gasteiger partial charge in [0.15, 0.2) is 0 Å². The summed E-state index contributed by atoms with van der Waals surface area (Å²) in [4.78, 5) is 19.7. The van der Waals surface area contributed by atoms with Crippen LogP contribution in [0.2, 0.25) is 0 Å². The molecule has 0 aliphatic carbocycles. The van der Waals surface area contributed by atoms with Gasteiger partial charge in [-0.15, -0.1) is 11.3 Å². The monoisotopic (exact) mass is 426 g/mol. The number of thiazole rings is 1. The van der Waals surface area contributed by atoms with Crippen molar-refractivity contribution in [2.24, 2.45) is 11.1 Å². The minimum absolute atomic E-state index is 0. The van der Waals surface area contributed by atoms with Crippen LogP contribution < -0.4 is 0 Å². The van der Waals surface area contributed by atoms with Crippen molar-refractivity contribution < 1.29 is 51.8 Å². The van der Waals surface area contributed by atoms with Gasteiger partial charge >= 0.3 is 0 Å². The molecular weight excluding hydrogens is 405 g/mol. The molecule has 2 unspecified atom stereocenters. The topological polar surface area (TPSA) is 70.0 Å². The fourth-order valence-electron chi connectivity index (χ4n) is 1.94. The fourth-order valence-corrected chi connectivity index (χ4v) is 2.67. The number of nitrogens with zero attached hydrogens (tertiary/aromatic N) is 2. The van der Waals surface area contributed by atoms with Gasteiger partial charge in [-0.2, -0.15) is 6.08 Å². The maximum absolute atomic E-state index is 10.5. The first-order chi connectivity index (χ1) is 11.1. The van der Waals surface area contributed by atoms with Gasteiger partial charge in [-0.25, -0.2) is 4.98 Å². The Hall–Kier alpha value is -0.886. The Morgan fingerprint density at radius 3 is 2.67 bits per heavy atom. The largest absolute Gasteiger partial charge is 0.585 e. The van der Waals surface area contributed by atoms with E-state index in [4.69, 9.17) is 14.3 Å². The summed E-state index contributed by atoms with van der Waals surface area (Å²) in [7, 11) is 4.62. The summed E-state index contributed by atoms with van der Waals surface area (Å²) in [5, 5.41) is 6.57.